The van der Waals surface area contributed by atoms with Gasteiger partial charge in [-0.1, -0.05) is 36.4 Å². The third-order valence-electron chi connectivity index (χ3n) is 9.70. The Morgan fingerprint density at radius 3 is 2.52 bits per heavy atom. The number of benzene rings is 4. The average Bonchev–Trinajstić information content (AvgIpc) is 3.60. The van der Waals surface area contributed by atoms with Crippen LogP contribution in [0, 0.1) is 0 Å². The van der Waals surface area contributed by atoms with E-state index in [-0.39, 0.29) is 17.4 Å². The summed E-state index contributed by atoms with van der Waals surface area (Å²) in [4.78, 5) is 1.36. The summed E-state index contributed by atoms with van der Waals surface area (Å²) in [6, 6.07) is 21.4. The molecule has 4 aromatic rings. The van der Waals surface area contributed by atoms with E-state index in [2.05, 4.69) is 23.6 Å². The Morgan fingerprint density at radius 2 is 1.76 bits per heavy atom. The van der Waals surface area contributed by atoms with E-state index in [1.807, 2.05) is 48.7 Å². The predicted molar refractivity (Wildman–Crippen MR) is 176 cm³/mol. The Balaban J connectivity index is 1.27. The lowest BCUT2D eigenvalue weighted by Gasteiger charge is -2.37. The molecule has 4 atom stereocenters. The first kappa shape index (κ1) is 30.0. The molecule has 5 N–H and O–H groups in total. The van der Waals surface area contributed by atoms with Crippen molar-refractivity contribution >= 4 is 0 Å². The highest BCUT2D eigenvalue weighted by Crippen LogP contribution is 2.53. The molecule has 1 aliphatic carbocycles. The molecule has 0 saturated heterocycles. The number of rotatable bonds is 9. The molecule has 0 fully saturated rings. The number of aliphatic hydroxyl groups excluding tert-OH is 1. The summed E-state index contributed by atoms with van der Waals surface area (Å²) in [5.41, 5.74) is 7.99. The largest absolute Gasteiger partial charge is 0.508 e. The third-order valence-corrected chi connectivity index (χ3v) is 9.70. The number of quaternary nitrogens is 1. The topological polar surface area (TPSA) is 105 Å². The van der Waals surface area contributed by atoms with Crippen LogP contribution >= 0.6 is 0 Å². The van der Waals surface area contributed by atoms with Gasteiger partial charge >= 0.3 is 0 Å². The van der Waals surface area contributed by atoms with Crippen molar-refractivity contribution in [1.82, 2.24) is 5.32 Å². The minimum atomic E-state index is -0.820. The van der Waals surface area contributed by atoms with Crippen molar-refractivity contribution in [3.63, 3.8) is 0 Å². The molecule has 8 heteroatoms. The van der Waals surface area contributed by atoms with Crippen molar-refractivity contribution < 1.29 is 34.4 Å². The minimum Gasteiger partial charge on any atom is -0.508 e. The van der Waals surface area contributed by atoms with Gasteiger partial charge in [0.15, 0.2) is 18.2 Å². The number of aromatic hydroxyl groups is 2. The van der Waals surface area contributed by atoms with E-state index in [0.29, 0.717) is 30.1 Å². The summed E-state index contributed by atoms with van der Waals surface area (Å²) in [6.07, 6.45) is 6.16. The van der Waals surface area contributed by atoms with Crippen LogP contribution in [0.25, 0.3) is 11.1 Å². The summed E-state index contributed by atoms with van der Waals surface area (Å²) < 4.78 is 18.3. The SMILES string of the molecule is COc1cc([C@H]2Oc3cc(OC)c4c(c3C[C@H]2O)[C@H](CC[NH+]2C=CNC2)Cc2cc(O)ccc2-4)cc(CCc2ccccc2)c1O. The van der Waals surface area contributed by atoms with Gasteiger partial charge in [0.2, 0.25) is 0 Å². The zero-order chi connectivity index (χ0) is 31.8. The Labute approximate surface area is 269 Å². The summed E-state index contributed by atoms with van der Waals surface area (Å²) in [6.45, 7) is 1.80. The number of methoxy groups -OCH3 is 2. The Bertz CT molecular complexity index is 1770. The molecule has 0 aromatic heterocycles. The average molecular weight is 622 g/mol. The van der Waals surface area contributed by atoms with Gasteiger partial charge in [-0.15, -0.1) is 0 Å². The van der Waals surface area contributed by atoms with Gasteiger partial charge in [-0.2, -0.15) is 0 Å². The second-order valence-electron chi connectivity index (χ2n) is 12.5. The maximum Gasteiger partial charge on any atom is 0.161 e. The van der Waals surface area contributed by atoms with Crippen LogP contribution < -0.4 is 24.4 Å². The fourth-order valence-electron chi connectivity index (χ4n) is 7.41. The number of hydrogen-bond acceptors (Lipinski definition) is 7. The van der Waals surface area contributed by atoms with Gasteiger partial charge in [0, 0.05) is 30.0 Å². The number of ether oxygens (including phenoxy) is 3. The van der Waals surface area contributed by atoms with Gasteiger partial charge in [-0.25, -0.2) is 0 Å². The number of aryl methyl sites for hydroxylation is 2. The van der Waals surface area contributed by atoms with E-state index in [4.69, 9.17) is 14.2 Å². The number of phenolic OH excluding ortho intramolecular Hbond substituents is 2. The van der Waals surface area contributed by atoms with Gasteiger partial charge in [-0.3, -0.25) is 4.90 Å². The number of fused-ring (bicyclic) bond motifs is 5. The van der Waals surface area contributed by atoms with E-state index in [0.717, 1.165) is 71.4 Å². The van der Waals surface area contributed by atoms with Crippen LogP contribution in [0.2, 0.25) is 0 Å². The smallest absolute Gasteiger partial charge is 0.161 e. The van der Waals surface area contributed by atoms with Crippen LogP contribution in [0.4, 0.5) is 0 Å². The molecule has 4 aromatic carbocycles. The standard InChI is InChI=1S/C38H40N2O6/c1-44-33-21-32-30(35-24(12-14-40-15-13-39-22-40)16-26-18-28(41)10-11-29(26)36(33)35)20-31(42)38(46-32)27-17-25(37(43)34(19-27)45-2)9-8-23-6-4-3-5-7-23/h3-7,10-11,13,15,17-19,21,24,31,38-39,41-43H,8-9,12,14,16,20,22H2,1-2H3/p+1/t24-,31-,38-/m1/s1. The van der Waals surface area contributed by atoms with Crippen molar-refractivity contribution in [2.24, 2.45) is 0 Å². The number of phenols is 2. The van der Waals surface area contributed by atoms with Gasteiger partial charge in [-0.05, 0) is 82.8 Å². The van der Waals surface area contributed by atoms with Crippen LogP contribution in [-0.2, 0) is 25.7 Å². The van der Waals surface area contributed by atoms with E-state index in [1.54, 1.807) is 19.2 Å². The maximum atomic E-state index is 11.7. The molecule has 2 heterocycles. The van der Waals surface area contributed by atoms with Crippen molar-refractivity contribution in [3.8, 4) is 39.9 Å². The quantitative estimate of drug-likeness (QED) is 0.187. The predicted octanol–water partition coefficient (Wildman–Crippen LogP) is 4.55. The van der Waals surface area contributed by atoms with Gasteiger partial charge < -0.3 is 34.8 Å². The van der Waals surface area contributed by atoms with Crippen LogP contribution in [-0.4, -0.2) is 48.9 Å². The van der Waals surface area contributed by atoms with Crippen molar-refractivity contribution in [2.75, 3.05) is 27.4 Å². The zero-order valence-corrected chi connectivity index (χ0v) is 26.3. The van der Waals surface area contributed by atoms with Gasteiger partial charge in [0.25, 0.3) is 0 Å². The third kappa shape index (κ3) is 5.63. The van der Waals surface area contributed by atoms with Crippen LogP contribution in [0.1, 0.15) is 51.8 Å². The fraction of sp³-hybridized carbons (Fsp3) is 0.316. The monoisotopic (exact) mass is 621 g/mol. The van der Waals surface area contributed by atoms with E-state index in [1.165, 1.54) is 17.6 Å². The Hall–Kier alpha value is -4.66. The molecule has 0 saturated carbocycles. The maximum absolute atomic E-state index is 11.7. The Kier molecular flexibility index (Phi) is 8.23. The zero-order valence-electron chi connectivity index (χ0n) is 26.3. The molecule has 8 nitrogen and oxygen atoms in total. The summed E-state index contributed by atoms with van der Waals surface area (Å²) in [7, 11) is 3.22. The van der Waals surface area contributed by atoms with Crippen molar-refractivity contribution in [3.05, 3.63) is 113 Å². The number of nitrogens with one attached hydrogen (secondary N) is 2. The lowest BCUT2D eigenvalue weighted by Crippen LogP contribution is -3.07. The van der Waals surface area contributed by atoms with Crippen LogP contribution in [0.5, 0.6) is 28.7 Å². The second-order valence-corrected chi connectivity index (χ2v) is 12.5. The molecular formula is C38H41N2O6+. The highest BCUT2D eigenvalue weighted by molar-refractivity contribution is 5.83. The molecule has 7 rings (SSSR count). The molecule has 0 radical (unpaired) electrons. The van der Waals surface area contributed by atoms with E-state index < -0.39 is 12.2 Å². The number of hydrogen-bond donors (Lipinski definition) is 5. The van der Waals surface area contributed by atoms with Crippen molar-refractivity contribution in [1.29, 1.82) is 0 Å². The normalized spacial score (nSPS) is 21.0. The van der Waals surface area contributed by atoms with E-state index >= 15 is 0 Å². The molecule has 0 amide bonds. The molecule has 0 bridgehead atoms. The highest BCUT2D eigenvalue weighted by atomic mass is 16.5. The Morgan fingerprint density at radius 1 is 0.935 bits per heavy atom. The first-order valence-electron chi connectivity index (χ1n) is 16.0. The lowest BCUT2D eigenvalue weighted by molar-refractivity contribution is -0.843. The van der Waals surface area contributed by atoms with Gasteiger partial charge in [0.1, 0.15) is 29.6 Å². The first-order chi connectivity index (χ1) is 22.4. The summed E-state index contributed by atoms with van der Waals surface area (Å²) in [5.74, 6) is 2.29. The highest BCUT2D eigenvalue weighted by Gasteiger charge is 2.38. The molecule has 238 valence electrons. The summed E-state index contributed by atoms with van der Waals surface area (Å²) in [5, 5.41) is 36.4. The first-order valence-corrected chi connectivity index (χ1v) is 16.0. The minimum absolute atomic E-state index is 0.112. The molecule has 3 aliphatic rings. The summed E-state index contributed by atoms with van der Waals surface area (Å²) >= 11 is 0. The molecular weight excluding hydrogens is 580 g/mol. The fourth-order valence-corrected chi connectivity index (χ4v) is 7.41. The van der Waals surface area contributed by atoms with Crippen LogP contribution in [0.3, 0.4) is 0 Å². The lowest BCUT2D eigenvalue weighted by atomic mass is 9.73. The molecule has 1 unspecified atom stereocenters. The number of aliphatic hydroxyl groups is 1. The van der Waals surface area contributed by atoms with Crippen molar-refractivity contribution in [2.45, 2.75) is 50.2 Å². The van der Waals surface area contributed by atoms with Crippen LogP contribution in [0.15, 0.2) is 79.1 Å². The second kappa shape index (κ2) is 12.6. The van der Waals surface area contributed by atoms with Gasteiger partial charge in [0.05, 0.1) is 33.1 Å². The molecule has 0 spiro atoms. The molecule has 46 heavy (non-hydrogen) atoms. The van der Waals surface area contributed by atoms with E-state index in [9.17, 15) is 15.3 Å². The molecule has 2 aliphatic heterocycles.